The lowest BCUT2D eigenvalue weighted by Gasteiger charge is -2.52. The second kappa shape index (κ2) is 21.8. The van der Waals surface area contributed by atoms with Crippen LogP contribution in [0.3, 0.4) is 0 Å². The number of carboxylic acids is 1. The zero-order chi connectivity index (χ0) is 47.6. The fourth-order valence-electron chi connectivity index (χ4n) is 10.7. The summed E-state index contributed by atoms with van der Waals surface area (Å²) in [7, 11) is 0. The van der Waals surface area contributed by atoms with Gasteiger partial charge in [0.05, 0.1) is 33.1 Å². The molecule has 0 unspecified atom stereocenters. The molecule has 362 valence electrons. The minimum absolute atomic E-state index is 0.00370. The molecule has 5 aliphatic rings. The Bertz CT molecular complexity index is 2360. The number of aliphatic carboxylic acids is 1. The molecule has 0 bridgehead atoms. The lowest BCUT2D eigenvalue weighted by molar-refractivity contribution is -0.158. The van der Waals surface area contributed by atoms with Crippen LogP contribution in [0.2, 0.25) is 10.0 Å². The molecule has 2 aromatic carbocycles. The molecule has 5 fully saturated rings. The van der Waals surface area contributed by atoms with Crippen molar-refractivity contribution in [1.82, 2.24) is 29.7 Å². The summed E-state index contributed by atoms with van der Waals surface area (Å²) >= 11 is 20.1. The summed E-state index contributed by atoms with van der Waals surface area (Å²) in [5.74, 6) is 5.09. The van der Waals surface area contributed by atoms with Crippen LogP contribution in [0.1, 0.15) is 93.6 Å². The largest absolute Gasteiger partial charge is 0.481 e. The number of aliphatic hydroxyl groups is 1. The normalized spacial score (nSPS) is 24.7. The molecule has 13 nitrogen and oxygen atoms in total. The van der Waals surface area contributed by atoms with Gasteiger partial charge in [0.25, 0.3) is 0 Å². The van der Waals surface area contributed by atoms with Gasteiger partial charge in [-0.25, -0.2) is 9.97 Å². The van der Waals surface area contributed by atoms with E-state index in [1.54, 1.807) is 0 Å². The van der Waals surface area contributed by atoms with Crippen LogP contribution in [0.15, 0.2) is 57.7 Å². The number of nitrogens with one attached hydrogen (secondary N) is 2. The molecule has 0 radical (unpaired) electrons. The fraction of sp³-hybridized carbons (Fsp3) is 0.580. The Labute approximate surface area is 423 Å². The number of anilines is 4. The first kappa shape index (κ1) is 50.1. The maximum atomic E-state index is 11.5. The highest BCUT2D eigenvalue weighted by molar-refractivity contribution is 9.11. The molecule has 1 saturated carbocycles. The second-order valence-electron chi connectivity index (χ2n) is 20.1. The van der Waals surface area contributed by atoms with Crippen molar-refractivity contribution in [2.24, 2.45) is 29.1 Å². The van der Waals surface area contributed by atoms with Gasteiger partial charge in [0.2, 0.25) is 11.9 Å². The highest BCUT2D eigenvalue weighted by Crippen LogP contribution is 2.46. The lowest BCUT2D eigenvalue weighted by Crippen LogP contribution is -2.58. The maximum Gasteiger partial charge on any atom is 0.309 e. The quantitative estimate of drug-likeness (QED) is 0.0951. The molecule has 4 atom stereocenters. The molecule has 9 rings (SSSR count). The van der Waals surface area contributed by atoms with E-state index in [1.165, 1.54) is 25.7 Å². The minimum atomic E-state index is -0.651. The number of aryl methyl sites for hydroxylation is 2. The average molecular weight is 1090 g/mol. The Morgan fingerprint density at radius 1 is 0.761 bits per heavy atom. The molecule has 4 saturated heterocycles. The Kier molecular flexibility index (Phi) is 16.3. The first-order valence-electron chi connectivity index (χ1n) is 24.0. The SMILES string of the molecule is Cc1ccc([C@@H](C)Nc2nc(N3CC([C@H]4CCCN(C5CC(C)(C(=O)O)C5)C4)C3)ncc2Br)c(Cl)c1.Cc1ccc([C@@H](C)Nc2nc(N3CC([C@H]4CCCN(CCO)C4)C3)ncc2Br)c(Cl)c1. The van der Waals surface area contributed by atoms with Crippen LogP contribution in [-0.2, 0) is 4.79 Å². The highest BCUT2D eigenvalue weighted by atomic mass is 79.9. The van der Waals surface area contributed by atoms with Crippen molar-refractivity contribution in [1.29, 1.82) is 0 Å². The van der Waals surface area contributed by atoms with Crippen LogP contribution in [0.4, 0.5) is 23.5 Å². The van der Waals surface area contributed by atoms with E-state index in [-0.39, 0.29) is 18.7 Å². The molecule has 0 amide bonds. The number of hydrogen-bond acceptors (Lipinski definition) is 12. The number of benzene rings is 2. The van der Waals surface area contributed by atoms with Crippen molar-refractivity contribution in [3.05, 3.63) is 90.0 Å². The minimum Gasteiger partial charge on any atom is -0.481 e. The van der Waals surface area contributed by atoms with E-state index in [4.69, 9.17) is 33.2 Å². The van der Waals surface area contributed by atoms with E-state index < -0.39 is 11.4 Å². The molecule has 4 aliphatic heterocycles. The van der Waals surface area contributed by atoms with Gasteiger partial charge >= 0.3 is 5.97 Å². The first-order chi connectivity index (χ1) is 32.1. The van der Waals surface area contributed by atoms with Crippen molar-refractivity contribution in [2.75, 3.05) is 85.9 Å². The molecule has 67 heavy (non-hydrogen) atoms. The van der Waals surface area contributed by atoms with E-state index in [9.17, 15) is 15.0 Å². The van der Waals surface area contributed by atoms with Crippen molar-refractivity contribution < 1.29 is 15.0 Å². The molecule has 6 heterocycles. The summed E-state index contributed by atoms with van der Waals surface area (Å²) in [5.41, 5.74) is 3.85. The van der Waals surface area contributed by atoms with Crippen molar-refractivity contribution in [3.63, 3.8) is 0 Å². The van der Waals surface area contributed by atoms with Gasteiger partial charge in [-0.05, 0) is 176 Å². The predicted molar refractivity (Wildman–Crippen MR) is 277 cm³/mol. The molecule has 2 aromatic heterocycles. The number of likely N-dealkylation sites (tertiary alicyclic amines) is 2. The third-order valence-electron chi connectivity index (χ3n) is 15.0. The monoisotopic (exact) mass is 1080 g/mol. The third-order valence-corrected chi connectivity index (χ3v) is 16.8. The molecular formula is C50H66Br2Cl2N10O3. The van der Waals surface area contributed by atoms with Crippen molar-refractivity contribution in [3.8, 4) is 0 Å². The maximum absolute atomic E-state index is 11.5. The second-order valence-corrected chi connectivity index (χ2v) is 22.6. The zero-order valence-electron chi connectivity index (χ0n) is 39.4. The topological polar surface area (TPSA) is 146 Å². The summed E-state index contributed by atoms with van der Waals surface area (Å²) in [5, 5.41) is 27.2. The van der Waals surface area contributed by atoms with Gasteiger partial charge in [0.1, 0.15) is 11.6 Å². The van der Waals surface area contributed by atoms with Crippen LogP contribution in [-0.4, -0.2) is 117 Å². The number of rotatable bonds is 14. The van der Waals surface area contributed by atoms with Crippen molar-refractivity contribution in [2.45, 2.75) is 91.3 Å². The summed E-state index contributed by atoms with van der Waals surface area (Å²) in [6.45, 7) is 19.5. The van der Waals surface area contributed by atoms with E-state index >= 15 is 0 Å². The molecular weight excluding hydrogens is 1020 g/mol. The average Bonchev–Trinajstić information content (AvgIpc) is 3.24. The molecule has 4 N–H and O–H groups in total. The van der Waals surface area contributed by atoms with Crippen LogP contribution in [0.5, 0.6) is 0 Å². The number of hydrogen-bond donors (Lipinski definition) is 4. The number of carbonyl (C=O) groups is 1. The number of aromatic nitrogens is 4. The number of halogens is 4. The number of piperidine rings is 2. The number of nitrogens with zero attached hydrogens (tertiary/aromatic N) is 8. The van der Waals surface area contributed by atoms with E-state index in [2.05, 4.69) is 110 Å². The number of aliphatic hydroxyl groups excluding tert-OH is 1. The van der Waals surface area contributed by atoms with Gasteiger partial charge in [-0.3, -0.25) is 4.79 Å². The summed E-state index contributed by atoms with van der Waals surface area (Å²) in [6, 6.07) is 12.7. The number of β-amino-alcohol motifs (C(OH)–C–C–N with tert-alkyl or cyclic N) is 1. The standard InChI is InChI=1S/C27H35BrClN5O2.C23H31BrClN5O/c1-16-6-7-21(23(29)9-16)17(2)31-24-22(28)12-30-26(32-24)34-14-19(15-34)18-5-4-8-33(13-18)20-10-27(3,11-20)25(35)36;1-15-5-6-19(21(25)10-15)16(2)27-22-20(24)11-26-23(28-22)30-13-18(14-30)17-4-3-7-29(12-17)8-9-31/h6-7,9,12,17-20H,4-5,8,10-11,13-15H2,1-3H3,(H,35,36)(H,30,31,32);5-6,10-11,16-18,31H,3-4,7-9,12-14H2,1-2H3,(H,26,27,28)/t17-,18+,20?,27?;16-,17+/m11/s1. The van der Waals surface area contributed by atoms with Gasteiger partial charge in [-0.15, -0.1) is 0 Å². The summed E-state index contributed by atoms with van der Waals surface area (Å²) < 4.78 is 1.67. The Hall–Kier alpha value is -3.31. The smallest absolute Gasteiger partial charge is 0.309 e. The van der Waals surface area contributed by atoms with Crippen LogP contribution in [0.25, 0.3) is 0 Å². The van der Waals surface area contributed by atoms with Crippen molar-refractivity contribution >= 4 is 84.6 Å². The third kappa shape index (κ3) is 11.8. The molecule has 4 aromatic rings. The van der Waals surface area contributed by atoms with Gasteiger partial charge in [-0.1, -0.05) is 47.5 Å². The number of carboxylic acid groups (broad SMARTS) is 1. The molecule has 0 spiro atoms. The van der Waals surface area contributed by atoms with Gasteiger partial charge < -0.3 is 40.4 Å². The van der Waals surface area contributed by atoms with E-state index in [0.29, 0.717) is 29.7 Å². The predicted octanol–water partition coefficient (Wildman–Crippen LogP) is 10.3. The summed E-state index contributed by atoms with van der Waals surface area (Å²) in [6.07, 6.45) is 10.2. The molecule has 17 heteroatoms. The summed E-state index contributed by atoms with van der Waals surface area (Å²) in [4.78, 5) is 39.7. The molecule has 1 aliphatic carbocycles. The van der Waals surface area contributed by atoms with Crippen LogP contribution >= 0.6 is 55.1 Å². The van der Waals surface area contributed by atoms with Gasteiger partial charge in [0, 0.05) is 74.3 Å². The van der Waals surface area contributed by atoms with Gasteiger partial charge in [0.15, 0.2) is 0 Å². The Morgan fingerprint density at radius 3 is 1.70 bits per heavy atom. The highest BCUT2D eigenvalue weighted by Gasteiger charge is 2.50. The Balaban J connectivity index is 0.000000184. The van der Waals surface area contributed by atoms with Gasteiger partial charge in [-0.2, -0.15) is 9.97 Å². The van der Waals surface area contributed by atoms with E-state index in [1.807, 2.05) is 45.3 Å². The lowest BCUT2D eigenvalue weighted by atomic mass is 9.65. The fourth-order valence-corrected chi connectivity index (χ4v) is 12.1. The Morgan fingerprint density at radius 2 is 1.24 bits per heavy atom. The first-order valence-corrected chi connectivity index (χ1v) is 26.3. The van der Waals surface area contributed by atoms with Crippen LogP contribution < -0.4 is 20.4 Å². The van der Waals surface area contributed by atoms with E-state index in [0.717, 1.165) is 137 Å². The van der Waals surface area contributed by atoms with Crippen LogP contribution in [0, 0.1) is 42.9 Å². The zero-order valence-corrected chi connectivity index (χ0v) is 44.1.